The van der Waals surface area contributed by atoms with Gasteiger partial charge < -0.3 is 20.2 Å². The van der Waals surface area contributed by atoms with Crippen molar-refractivity contribution >= 4 is 28.8 Å². The third-order valence-electron chi connectivity index (χ3n) is 7.94. The third-order valence-corrected chi connectivity index (χ3v) is 7.94. The topological polar surface area (TPSA) is 109 Å². The Labute approximate surface area is 224 Å². The number of hydrogen-bond donors (Lipinski definition) is 3. The number of furan rings is 1. The molecule has 3 N–H and O–H groups in total. The number of benzene rings is 3. The molecule has 198 valence electrons. The van der Waals surface area contributed by atoms with Crippen LogP contribution in [0.1, 0.15) is 52.0 Å². The zero-order chi connectivity index (χ0) is 27.3. The first-order valence-corrected chi connectivity index (χ1v) is 13.0. The summed E-state index contributed by atoms with van der Waals surface area (Å²) >= 11 is 0. The van der Waals surface area contributed by atoms with Gasteiger partial charge in [0.15, 0.2) is 0 Å². The van der Waals surface area contributed by atoms with E-state index in [-0.39, 0.29) is 36.0 Å². The Balaban J connectivity index is 1.47. The van der Waals surface area contributed by atoms with E-state index in [0.29, 0.717) is 38.8 Å². The monoisotopic (exact) mass is 526 g/mol. The highest BCUT2D eigenvalue weighted by Gasteiger charge is 2.57. The molecule has 0 saturated heterocycles. The average Bonchev–Trinajstić information content (AvgIpc) is 3.26. The summed E-state index contributed by atoms with van der Waals surface area (Å²) in [5.41, 5.74) is 3.86. The van der Waals surface area contributed by atoms with Crippen LogP contribution in [-0.4, -0.2) is 35.5 Å². The van der Waals surface area contributed by atoms with E-state index in [2.05, 4.69) is 10.6 Å². The predicted molar refractivity (Wildman–Crippen MR) is 144 cm³/mol. The van der Waals surface area contributed by atoms with Crippen molar-refractivity contribution < 1.29 is 28.3 Å². The van der Waals surface area contributed by atoms with Crippen molar-refractivity contribution in [1.29, 1.82) is 0 Å². The van der Waals surface area contributed by atoms with E-state index in [1.165, 1.54) is 19.2 Å². The van der Waals surface area contributed by atoms with Gasteiger partial charge in [0.05, 0.1) is 5.56 Å². The first-order chi connectivity index (χ1) is 18.7. The summed E-state index contributed by atoms with van der Waals surface area (Å²) in [5.74, 6) is -0.820. The van der Waals surface area contributed by atoms with E-state index in [1.54, 1.807) is 36.4 Å². The maximum absolute atomic E-state index is 13.6. The molecule has 1 heterocycles. The van der Waals surface area contributed by atoms with Crippen LogP contribution in [0.2, 0.25) is 0 Å². The smallest absolute Gasteiger partial charge is 0.303 e. The molecule has 8 heteroatoms. The molecule has 4 aromatic rings. The number of halogens is 1. The van der Waals surface area contributed by atoms with Crippen LogP contribution in [0.4, 0.5) is 4.39 Å². The minimum Gasteiger partial charge on any atom is -0.481 e. The molecule has 0 radical (unpaired) electrons. The molecule has 2 bridgehead atoms. The number of carboxylic acid groups (broad SMARTS) is 1. The molecule has 39 heavy (non-hydrogen) atoms. The largest absolute Gasteiger partial charge is 0.481 e. The van der Waals surface area contributed by atoms with Crippen LogP contribution >= 0.6 is 0 Å². The Morgan fingerprint density at radius 3 is 2.38 bits per heavy atom. The normalized spacial score (nSPS) is 19.2. The molecular weight excluding hydrogens is 499 g/mol. The molecule has 0 spiro atoms. The summed E-state index contributed by atoms with van der Waals surface area (Å²) in [6.45, 7) is 0. The second-order valence-electron chi connectivity index (χ2n) is 10.6. The third kappa shape index (κ3) is 4.46. The highest BCUT2D eigenvalue weighted by atomic mass is 19.1. The molecule has 0 aliphatic heterocycles. The molecule has 3 fully saturated rings. The predicted octanol–water partition coefficient (Wildman–Crippen LogP) is 5.57. The van der Waals surface area contributed by atoms with Crippen LogP contribution < -0.4 is 10.6 Å². The van der Waals surface area contributed by atoms with Crippen molar-refractivity contribution in [3.63, 3.8) is 0 Å². The molecule has 7 nitrogen and oxygen atoms in total. The van der Waals surface area contributed by atoms with Gasteiger partial charge in [0, 0.05) is 35.5 Å². The van der Waals surface area contributed by atoms with Crippen LogP contribution in [-0.2, 0) is 11.2 Å². The number of fused-ring (bicyclic) bond motifs is 1. The summed E-state index contributed by atoms with van der Waals surface area (Å²) in [4.78, 5) is 37.5. The standard InChI is InChI=1S/C31H27FN2O5/c1-33-30(38)27-24-13-23(19-3-2-4-21(11-19)29(37)34-31-14-17(15-31)16-31)20(7-10-26(35)36)12-25(24)39-28(27)18-5-8-22(32)9-6-18/h2-6,8-9,11-13,17H,7,10,14-16H2,1H3,(H,33,38)(H,34,37)(H,35,36). The van der Waals surface area contributed by atoms with E-state index in [1.807, 2.05) is 12.1 Å². The van der Waals surface area contributed by atoms with Crippen molar-refractivity contribution in [2.24, 2.45) is 5.92 Å². The van der Waals surface area contributed by atoms with Gasteiger partial charge in [0.2, 0.25) is 0 Å². The van der Waals surface area contributed by atoms with Gasteiger partial charge in [-0.1, -0.05) is 12.1 Å². The Bertz CT molecular complexity index is 1620. The highest BCUT2D eigenvalue weighted by Crippen LogP contribution is 2.57. The molecule has 3 aliphatic rings. The average molecular weight is 527 g/mol. The van der Waals surface area contributed by atoms with Crippen LogP contribution in [0.5, 0.6) is 0 Å². The quantitative estimate of drug-likeness (QED) is 0.278. The lowest BCUT2D eigenvalue weighted by molar-refractivity contribution is -0.136. The summed E-state index contributed by atoms with van der Waals surface area (Å²) < 4.78 is 19.7. The van der Waals surface area contributed by atoms with Gasteiger partial charge in [-0.05, 0) is 96.8 Å². The summed E-state index contributed by atoms with van der Waals surface area (Å²) in [6, 6.07) is 16.5. The minimum atomic E-state index is -0.940. The lowest BCUT2D eigenvalue weighted by Crippen LogP contribution is -2.68. The molecule has 3 aromatic carbocycles. The van der Waals surface area contributed by atoms with Gasteiger partial charge in [0.1, 0.15) is 17.2 Å². The summed E-state index contributed by atoms with van der Waals surface area (Å²) in [5, 5.41) is 15.7. The van der Waals surface area contributed by atoms with Crippen LogP contribution in [0.25, 0.3) is 33.4 Å². The van der Waals surface area contributed by atoms with Gasteiger partial charge in [-0.2, -0.15) is 0 Å². The van der Waals surface area contributed by atoms with Crippen LogP contribution in [0.15, 0.2) is 65.1 Å². The molecule has 0 atom stereocenters. The highest BCUT2D eigenvalue weighted by molar-refractivity contribution is 6.12. The number of hydrogen-bond acceptors (Lipinski definition) is 4. The van der Waals surface area contributed by atoms with Crippen molar-refractivity contribution in [3.8, 4) is 22.5 Å². The number of nitrogens with one attached hydrogen (secondary N) is 2. The van der Waals surface area contributed by atoms with Gasteiger partial charge in [-0.25, -0.2) is 4.39 Å². The fourth-order valence-electron chi connectivity index (χ4n) is 5.83. The minimum absolute atomic E-state index is 0.0563. The maximum Gasteiger partial charge on any atom is 0.303 e. The Hall–Kier alpha value is -4.46. The molecule has 0 unspecified atom stereocenters. The Kier molecular flexibility index (Phi) is 5.98. The van der Waals surface area contributed by atoms with Gasteiger partial charge in [-0.3, -0.25) is 14.4 Å². The van der Waals surface area contributed by atoms with E-state index in [0.717, 1.165) is 30.7 Å². The summed E-state index contributed by atoms with van der Waals surface area (Å²) in [6.07, 6.45) is 3.23. The fraction of sp³-hybridized carbons (Fsp3) is 0.258. The first-order valence-electron chi connectivity index (χ1n) is 13.0. The molecule has 7 rings (SSSR count). The van der Waals surface area contributed by atoms with Gasteiger partial charge in [-0.15, -0.1) is 0 Å². The number of carboxylic acids is 1. The second-order valence-corrected chi connectivity index (χ2v) is 10.6. The summed E-state index contributed by atoms with van der Waals surface area (Å²) in [7, 11) is 1.52. The van der Waals surface area contributed by atoms with Crippen molar-refractivity contribution in [2.45, 2.75) is 37.6 Å². The SMILES string of the molecule is CNC(=O)c1c(-c2ccc(F)cc2)oc2cc(CCC(=O)O)c(-c3cccc(C(=O)NC45CC(C4)C5)c3)cc12. The molecule has 3 saturated carbocycles. The number of aliphatic carboxylic acids is 1. The second kappa shape index (κ2) is 9.38. The molecule has 3 aliphatic carbocycles. The van der Waals surface area contributed by atoms with Crippen LogP contribution in [0.3, 0.4) is 0 Å². The maximum atomic E-state index is 13.6. The molecule has 1 aromatic heterocycles. The van der Waals surface area contributed by atoms with Crippen molar-refractivity contribution in [2.75, 3.05) is 7.05 Å². The van der Waals surface area contributed by atoms with Gasteiger partial charge >= 0.3 is 5.97 Å². The van der Waals surface area contributed by atoms with E-state index < -0.39 is 11.8 Å². The number of aryl methyl sites for hydroxylation is 1. The number of amides is 2. The number of carbonyl (C=O) groups is 3. The number of carbonyl (C=O) groups excluding carboxylic acids is 2. The Morgan fingerprint density at radius 2 is 1.74 bits per heavy atom. The molecular formula is C31H27FN2O5. The lowest BCUT2D eigenvalue weighted by atomic mass is 9.50. The van der Waals surface area contributed by atoms with E-state index in [9.17, 15) is 23.9 Å². The fourth-order valence-corrected chi connectivity index (χ4v) is 5.83. The van der Waals surface area contributed by atoms with Crippen LogP contribution in [0, 0.1) is 11.7 Å². The molecule has 2 amide bonds. The zero-order valence-corrected chi connectivity index (χ0v) is 21.3. The van der Waals surface area contributed by atoms with Crippen molar-refractivity contribution in [3.05, 3.63) is 83.2 Å². The van der Waals surface area contributed by atoms with E-state index in [4.69, 9.17) is 4.42 Å². The first kappa shape index (κ1) is 24.9. The number of rotatable bonds is 8. The van der Waals surface area contributed by atoms with Gasteiger partial charge in [0.25, 0.3) is 11.8 Å². The Morgan fingerprint density at radius 1 is 1.00 bits per heavy atom. The zero-order valence-electron chi connectivity index (χ0n) is 21.3. The van der Waals surface area contributed by atoms with Crippen molar-refractivity contribution in [1.82, 2.24) is 10.6 Å². The van der Waals surface area contributed by atoms with E-state index >= 15 is 0 Å². The lowest BCUT2D eigenvalue weighted by Gasteiger charge is -2.61.